The summed E-state index contributed by atoms with van der Waals surface area (Å²) in [5, 5.41) is 10.0. The smallest absolute Gasteiger partial charge is 0.149 e. The van der Waals surface area contributed by atoms with Gasteiger partial charge in [0.15, 0.2) is 0 Å². The molecule has 3 aromatic rings. The molecular formula is C15H15N3O. The molecule has 0 fully saturated rings. The summed E-state index contributed by atoms with van der Waals surface area (Å²) in [5.41, 5.74) is 10.9. The van der Waals surface area contributed by atoms with Gasteiger partial charge in [0.25, 0.3) is 0 Å². The molecule has 2 aromatic carbocycles. The summed E-state index contributed by atoms with van der Waals surface area (Å²) in [6.07, 6.45) is 0. The number of aromatic nitrogens is 2. The second-order valence-electron chi connectivity index (χ2n) is 4.78. The van der Waals surface area contributed by atoms with E-state index in [-0.39, 0.29) is 5.75 Å². The minimum atomic E-state index is 0.0648. The topological polar surface area (TPSA) is 74.9 Å². The van der Waals surface area contributed by atoms with Gasteiger partial charge in [0, 0.05) is 0 Å². The number of fused-ring (bicyclic) bond motifs is 1. The number of anilines is 1. The molecule has 0 aliphatic carbocycles. The first-order chi connectivity index (χ1) is 9.06. The molecule has 0 amide bonds. The molecule has 0 radical (unpaired) electrons. The van der Waals surface area contributed by atoms with Crippen molar-refractivity contribution < 1.29 is 5.11 Å². The number of H-pyrrole nitrogens is 1. The van der Waals surface area contributed by atoms with Crippen LogP contribution < -0.4 is 5.73 Å². The van der Waals surface area contributed by atoms with Crippen LogP contribution in [0.2, 0.25) is 0 Å². The van der Waals surface area contributed by atoms with Gasteiger partial charge in [-0.05, 0) is 49.2 Å². The Bertz CT molecular complexity index is 735. The fourth-order valence-corrected chi connectivity index (χ4v) is 2.15. The molecule has 19 heavy (non-hydrogen) atoms. The van der Waals surface area contributed by atoms with Crippen LogP contribution in [0.5, 0.6) is 5.75 Å². The highest BCUT2D eigenvalue weighted by Crippen LogP contribution is 2.33. The first kappa shape index (κ1) is 11.6. The van der Waals surface area contributed by atoms with E-state index in [4.69, 9.17) is 5.73 Å². The third-order valence-corrected chi connectivity index (χ3v) is 3.42. The molecule has 4 N–H and O–H groups in total. The van der Waals surface area contributed by atoms with Crippen molar-refractivity contribution in [2.24, 2.45) is 0 Å². The highest BCUT2D eigenvalue weighted by molar-refractivity contribution is 5.83. The molecule has 0 spiro atoms. The van der Waals surface area contributed by atoms with E-state index >= 15 is 0 Å². The van der Waals surface area contributed by atoms with Crippen molar-refractivity contribution in [1.29, 1.82) is 0 Å². The number of benzene rings is 2. The summed E-state index contributed by atoms with van der Waals surface area (Å²) >= 11 is 0. The molecule has 0 saturated heterocycles. The van der Waals surface area contributed by atoms with Crippen LogP contribution in [0.1, 0.15) is 11.1 Å². The van der Waals surface area contributed by atoms with Crippen molar-refractivity contribution in [3.05, 3.63) is 41.5 Å². The molecule has 0 aliphatic heterocycles. The van der Waals surface area contributed by atoms with Crippen molar-refractivity contribution in [2.75, 3.05) is 5.73 Å². The summed E-state index contributed by atoms with van der Waals surface area (Å²) in [4.78, 5) is 7.74. The monoisotopic (exact) mass is 253 g/mol. The first-order valence-corrected chi connectivity index (χ1v) is 6.11. The van der Waals surface area contributed by atoms with Crippen molar-refractivity contribution in [3.63, 3.8) is 0 Å². The third-order valence-electron chi connectivity index (χ3n) is 3.42. The maximum atomic E-state index is 10.0. The van der Waals surface area contributed by atoms with E-state index in [1.165, 1.54) is 11.1 Å². The number of nitrogens with zero attached hydrogens (tertiary/aromatic N) is 1. The van der Waals surface area contributed by atoms with Gasteiger partial charge < -0.3 is 15.8 Å². The van der Waals surface area contributed by atoms with E-state index < -0.39 is 0 Å². The van der Waals surface area contributed by atoms with Gasteiger partial charge in [0.1, 0.15) is 11.6 Å². The molecule has 4 heteroatoms. The number of aromatic hydroxyl groups is 1. The van der Waals surface area contributed by atoms with Crippen LogP contribution in [0.4, 0.5) is 5.69 Å². The number of nitrogen functional groups attached to an aromatic ring is 1. The van der Waals surface area contributed by atoms with Crippen LogP contribution in [0, 0.1) is 13.8 Å². The molecular weight excluding hydrogens is 238 g/mol. The first-order valence-electron chi connectivity index (χ1n) is 6.11. The van der Waals surface area contributed by atoms with Crippen LogP contribution in [-0.4, -0.2) is 15.1 Å². The normalized spacial score (nSPS) is 11.1. The quantitative estimate of drug-likeness (QED) is 0.460. The Labute approximate surface area is 110 Å². The Hall–Kier alpha value is -2.49. The lowest BCUT2D eigenvalue weighted by Crippen LogP contribution is -1.88. The lowest BCUT2D eigenvalue weighted by Gasteiger charge is -2.03. The van der Waals surface area contributed by atoms with Crippen molar-refractivity contribution >= 4 is 16.7 Å². The zero-order valence-corrected chi connectivity index (χ0v) is 10.9. The van der Waals surface area contributed by atoms with E-state index in [0.717, 1.165) is 11.0 Å². The number of imidazole rings is 1. The van der Waals surface area contributed by atoms with Gasteiger partial charge in [-0.15, -0.1) is 0 Å². The number of para-hydroxylation sites is 1. The van der Waals surface area contributed by atoms with Crippen molar-refractivity contribution in [2.45, 2.75) is 13.8 Å². The van der Waals surface area contributed by atoms with E-state index in [1.54, 1.807) is 18.2 Å². The molecule has 0 aliphatic rings. The van der Waals surface area contributed by atoms with E-state index in [2.05, 4.69) is 29.9 Å². The Balaban J connectivity index is 2.23. The van der Waals surface area contributed by atoms with Crippen LogP contribution >= 0.6 is 0 Å². The van der Waals surface area contributed by atoms with Gasteiger partial charge in [-0.1, -0.05) is 6.07 Å². The fraction of sp³-hybridized carbons (Fsp3) is 0.133. The van der Waals surface area contributed by atoms with Crippen molar-refractivity contribution in [3.8, 4) is 17.1 Å². The molecule has 3 rings (SSSR count). The van der Waals surface area contributed by atoms with Crippen molar-refractivity contribution in [1.82, 2.24) is 9.97 Å². The number of aromatic amines is 1. The second-order valence-corrected chi connectivity index (χ2v) is 4.78. The third kappa shape index (κ3) is 1.81. The van der Waals surface area contributed by atoms with Crippen LogP contribution in [0.3, 0.4) is 0 Å². The molecule has 4 nitrogen and oxygen atoms in total. The van der Waals surface area contributed by atoms with Gasteiger partial charge in [-0.3, -0.25) is 0 Å². The Morgan fingerprint density at radius 2 is 1.89 bits per heavy atom. The number of aryl methyl sites for hydroxylation is 2. The highest BCUT2D eigenvalue weighted by atomic mass is 16.3. The molecule has 0 atom stereocenters. The van der Waals surface area contributed by atoms with Gasteiger partial charge in [-0.2, -0.15) is 0 Å². The summed E-state index contributed by atoms with van der Waals surface area (Å²) in [6.45, 7) is 4.12. The molecule has 96 valence electrons. The summed E-state index contributed by atoms with van der Waals surface area (Å²) in [6, 6.07) is 9.35. The SMILES string of the molecule is Cc1cc2nc(-c3cccc(N)c3O)[nH]c2cc1C. The lowest BCUT2D eigenvalue weighted by atomic mass is 10.1. The molecule has 1 aromatic heterocycles. The lowest BCUT2D eigenvalue weighted by molar-refractivity contribution is 0.479. The average molecular weight is 253 g/mol. The molecule has 0 saturated carbocycles. The minimum Gasteiger partial charge on any atom is -0.505 e. The molecule has 0 unspecified atom stereocenters. The highest BCUT2D eigenvalue weighted by Gasteiger charge is 2.11. The largest absolute Gasteiger partial charge is 0.505 e. The number of nitrogens with one attached hydrogen (secondary N) is 1. The zero-order valence-electron chi connectivity index (χ0n) is 10.9. The van der Waals surface area contributed by atoms with Crippen LogP contribution in [-0.2, 0) is 0 Å². The van der Waals surface area contributed by atoms with Crippen LogP contribution in [0.25, 0.3) is 22.4 Å². The number of hydrogen-bond donors (Lipinski definition) is 3. The second kappa shape index (κ2) is 4.02. The van der Waals surface area contributed by atoms with Gasteiger partial charge >= 0.3 is 0 Å². The maximum Gasteiger partial charge on any atom is 0.149 e. The number of nitrogens with two attached hydrogens (primary N) is 1. The van der Waals surface area contributed by atoms with Crippen LogP contribution in [0.15, 0.2) is 30.3 Å². The number of phenols is 1. The minimum absolute atomic E-state index is 0.0648. The molecule has 0 bridgehead atoms. The Morgan fingerprint density at radius 3 is 2.68 bits per heavy atom. The average Bonchev–Trinajstić information content (AvgIpc) is 2.76. The summed E-state index contributed by atoms with van der Waals surface area (Å²) in [5.74, 6) is 0.694. The zero-order chi connectivity index (χ0) is 13.6. The number of phenolic OH excluding ortho intramolecular Hbond substituents is 1. The number of rotatable bonds is 1. The predicted molar refractivity (Wildman–Crippen MR) is 77.1 cm³/mol. The van der Waals surface area contributed by atoms with E-state index in [0.29, 0.717) is 17.1 Å². The summed E-state index contributed by atoms with van der Waals surface area (Å²) < 4.78 is 0. The standard InChI is InChI=1S/C15H15N3O/c1-8-6-12-13(7-9(8)2)18-15(17-12)10-4-3-5-11(16)14(10)19/h3-7,19H,16H2,1-2H3,(H,17,18). The Morgan fingerprint density at radius 1 is 1.16 bits per heavy atom. The fourth-order valence-electron chi connectivity index (χ4n) is 2.15. The predicted octanol–water partition coefficient (Wildman–Crippen LogP) is 3.13. The summed E-state index contributed by atoms with van der Waals surface area (Å²) in [7, 11) is 0. The van der Waals surface area contributed by atoms with Gasteiger partial charge in [-0.25, -0.2) is 4.98 Å². The van der Waals surface area contributed by atoms with Gasteiger partial charge in [0.2, 0.25) is 0 Å². The Kier molecular flexibility index (Phi) is 2.45. The van der Waals surface area contributed by atoms with Gasteiger partial charge in [0.05, 0.1) is 22.3 Å². The van der Waals surface area contributed by atoms with E-state index in [9.17, 15) is 5.11 Å². The number of hydrogen-bond acceptors (Lipinski definition) is 3. The van der Waals surface area contributed by atoms with E-state index in [1.807, 2.05) is 6.07 Å². The molecule has 1 heterocycles. The maximum absolute atomic E-state index is 10.0.